The fourth-order valence-corrected chi connectivity index (χ4v) is 4.64. The smallest absolute Gasteiger partial charge is 0.256 e. The average Bonchev–Trinajstić information content (AvgIpc) is 3.12. The van der Waals surface area contributed by atoms with Crippen LogP contribution < -0.4 is 5.32 Å². The summed E-state index contributed by atoms with van der Waals surface area (Å²) in [5, 5.41) is 6.32. The number of sulfonamides is 1. The van der Waals surface area contributed by atoms with Gasteiger partial charge in [-0.1, -0.05) is 29.4 Å². The van der Waals surface area contributed by atoms with Gasteiger partial charge in [0.15, 0.2) is 5.82 Å². The van der Waals surface area contributed by atoms with Crippen molar-refractivity contribution in [1.82, 2.24) is 9.46 Å². The lowest BCUT2D eigenvalue weighted by Gasteiger charge is -2.28. The lowest BCUT2D eigenvalue weighted by atomic mass is 10.0. The minimum absolute atomic E-state index is 0.167. The van der Waals surface area contributed by atoms with Gasteiger partial charge in [0.1, 0.15) is 5.76 Å². The maximum absolute atomic E-state index is 13.0. The van der Waals surface area contributed by atoms with E-state index in [1.54, 1.807) is 13.0 Å². The molecule has 28 heavy (non-hydrogen) atoms. The zero-order chi connectivity index (χ0) is 19.7. The van der Waals surface area contributed by atoms with E-state index >= 15 is 0 Å². The van der Waals surface area contributed by atoms with Gasteiger partial charge in [-0.3, -0.25) is 4.79 Å². The first kappa shape index (κ1) is 18.4. The number of aromatic nitrogens is 1. The standard InChI is InChI=1S/C20H19N3O4S/c1-14-12-19(22-27-14)21-20(24)16-6-8-18(9-7-16)28(25,26)23-11-10-15-4-2-3-5-17(15)13-23/h2-9,12H,10-11,13H2,1H3,(H,21,22,24). The van der Waals surface area contributed by atoms with Crippen molar-refractivity contribution in [3.8, 4) is 0 Å². The van der Waals surface area contributed by atoms with Crippen molar-refractivity contribution in [3.05, 3.63) is 77.0 Å². The number of anilines is 1. The monoisotopic (exact) mass is 397 g/mol. The van der Waals surface area contributed by atoms with E-state index in [0.717, 1.165) is 5.56 Å². The molecule has 0 spiro atoms. The molecule has 2 aromatic carbocycles. The first-order valence-electron chi connectivity index (χ1n) is 8.85. The van der Waals surface area contributed by atoms with Gasteiger partial charge in [-0.15, -0.1) is 0 Å². The van der Waals surface area contributed by atoms with Crippen LogP contribution in [0, 0.1) is 6.92 Å². The summed E-state index contributed by atoms with van der Waals surface area (Å²) in [7, 11) is -3.63. The van der Waals surface area contributed by atoms with Crippen LogP contribution >= 0.6 is 0 Å². The van der Waals surface area contributed by atoms with Crippen LogP contribution in [-0.4, -0.2) is 30.3 Å². The van der Waals surface area contributed by atoms with Crippen LogP contribution in [0.5, 0.6) is 0 Å². The highest BCUT2D eigenvalue weighted by molar-refractivity contribution is 7.89. The van der Waals surface area contributed by atoms with E-state index < -0.39 is 10.0 Å². The number of amides is 1. The third-order valence-electron chi connectivity index (χ3n) is 4.72. The van der Waals surface area contributed by atoms with Crippen molar-refractivity contribution < 1.29 is 17.7 Å². The van der Waals surface area contributed by atoms with E-state index in [-0.39, 0.29) is 10.8 Å². The summed E-state index contributed by atoms with van der Waals surface area (Å²) in [6.07, 6.45) is 0.688. The summed E-state index contributed by atoms with van der Waals surface area (Å²) in [4.78, 5) is 12.4. The quantitative estimate of drug-likeness (QED) is 0.731. The molecular weight excluding hydrogens is 378 g/mol. The second-order valence-electron chi connectivity index (χ2n) is 6.66. The highest BCUT2D eigenvalue weighted by Crippen LogP contribution is 2.25. The average molecular weight is 397 g/mol. The van der Waals surface area contributed by atoms with Crippen LogP contribution in [0.15, 0.2) is 64.0 Å². The van der Waals surface area contributed by atoms with Crippen LogP contribution in [-0.2, 0) is 23.0 Å². The van der Waals surface area contributed by atoms with Gasteiger partial charge >= 0.3 is 0 Å². The van der Waals surface area contributed by atoms with E-state index in [1.807, 2.05) is 24.3 Å². The number of rotatable bonds is 4. The molecule has 7 nitrogen and oxygen atoms in total. The fourth-order valence-electron chi connectivity index (χ4n) is 3.22. The third kappa shape index (κ3) is 3.56. The molecule has 1 amide bonds. The molecule has 1 aromatic heterocycles. The Balaban J connectivity index is 1.51. The van der Waals surface area contributed by atoms with Gasteiger partial charge in [0, 0.05) is 24.7 Å². The highest BCUT2D eigenvalue weighted by atomic mass is 32.2. The molecule has 3 aromatic rings. The Bertz CT molecular complexity index is 1120. The Morgan fingerprint density at radius 3 is 2.50 bits per heavy atom. The van der Waals surface area contributed by atoms with Crippen LogP contribution in [0.1, 0.15) is 27.2 Å². The van der Waals surface area contributed by atoms with Crippen LogP contribution in [0.3, 0.4) is 0 Å². The minimum Gasteiger partial charge on any atom is -0.360 e. The Morgan fingerprint density at radius 2 is 1.82 bits per heavy atom. The van der Waals surface area contributed by atoms with Gasteiger partial charge in [0.25, 0.3) is 5.91 Å². The maximum Gasteiger partial charge on any atom is 0.256 e. The molecule has 1 N–H and O–H groups in total. The number of benzene rings is 2. The predicted molar refractivity (Wildman–Crippen MR) is 103 cm³/mol. The van der Waals surface area contributed by atoms with Gasteiger partial charge in [-0.2, -0.15) is 4.31 Å². The lowest BCUT2D eigenvalue weighted by Crippen LogP contribution is -2.35. The number of hydrogen-bond donors (Lipinski definition) is 1. The number of fused-ring (bicyclic) bond motifs is 1. The molecule has 0 fully saturated rings. The molecule has 0 unspecified atom stereocenters. The summed E-state index contributed by atoms with van der Waals surface area (Å²) < 4.78 is 32.3. The largest absolute Gasteiger partial charge is 0.360 e. The van der Waals surface area contributed by atoms with Crippen molar-refractivity contribution in [2.45, 2.75) is 24.8 Å². The topological polar surface area (TPSA) is 92.5 Å². The van der Waals surface area contributed by atoms with E-state index in [2.05, 4.69) is 10.5 Å². The van der Waals surface area contributed by atoms with E-state index in [9.17, 15) is 13.2 Å². The molecular formula is C20H19N3O4S. The highest BCUT2D eigenvalue weighted by Gasteiger charge is 2.28. The molecule has 0 bridgehead atoms. The number of aryl methyl sites for hydroxylation is 1. The SMILES string of the molecule is Cc1cc(NC(=O)c2ccc(S(=O)(=O)N3CCc4ccccc4C3)cc2)no1. The first-order chi connectivity index (χ1) is 13.4. The Hall–Kier alpha value is -2.97. The van der Waals surface area contributed by atoms with Gasteiger partial charge in [-0.25, -0.2) is 8.42 Å². The zero-order valence-electron chi connectivity index (χ0n) is 15.3. The second-order valence-corrected chi connectivity index (χ2v) is 8.60. The number of carbonyl (C=O) groups excluding carboxylic acids is 1. The van der Waals surface area contributed by atoms with E-state index in [0.29, 0.717) is 36.7 Å². The number of nitrogens with zero attached hydrogens (tertiary/aromatic N) is 2. The summed E-state index contributed by atoms with van der Waals surface area (Å²) in [6.45, 7) is 2.51. The van der Waals surface area contributed by atoms with Crippen LogP contribution in [0.2, 0.25) is 0 Å². The second kappa shape index (κ2) is 7.21. The summed E-state index contributed by atoms with van der Waals surface area (Å²) in [5.74, 6) is 0.509. The Morgan fingerprint density at radius 1 is 1.11 bits per heavy atom. The number of carbonyl (C=O) groups is 1. The number of hydrogen-bond acceptors (Lipinski definition) is 5. The Labute approximate surface area is 163 Å². The fraction of sp³-hybridized carbons (Fsp3) is 0.200. The molecule has 0 saturated heterocycles. The van der Waals surface area contributed by atoms with Crippen molar-refractivity contribution in [2.75, 3.05) is 11.9 Å². The van der Waals surface area contributed by atoms with E-state index in [1.165, 1.54) is 34.1 Å². The molecule has 1 aliphatic rings. The molecule has 0 aliphatic carbocycles. The Kier molecular flexibility index (Phi) is 4.74. The molecule has 2 heterocycles. The van der Waals surface area contributed by atoms with Gasteiger partial charge in [0.05, 0.1) is 4.90 Å². The maximum atomic E-state index is 13.0. The summed E-state index contributed by atoms with van der Waals surface area (Å²) in [6, 6.07) is 15.4. The molecule has 144 valence electrons. The molecule has 0 atom stereocenters. The van der Waals surface area contributed by atoms with E-state index in [4.69, 9.17) is 4.52 Å². The lowest BCUT2D eigenvalue weighted by molar-refractivity contribution is 0.102. The molecule has 1 aliphatic heterocycles. The normalized spacial score (nSPS) is 14.5. The molecule has 8 heteroatoms. The predicted octanol–water partition coefficient (Wildman–Crippen LogP) is 2.98. The first-order valence-corrected chi connectivity index (χ1v) is 10.3. The van der Waals surface area contributed by atoms with Crippen LogP contribution in [0.4, 0.5) is 5.82 Å². The molecule has 0 saturated carbocycles. The van der Waals surface area contributed by atoms with Crippen LogP contribution in [0.25, 0.3) is 0 Å². The third-order valence-corrected chi connectivity index (χ3v) is 6.58. The van der Waals surface area contributed by atoms with Crippen molar-refractivity contribution >= 4 is 21.7 Å². The van der Waals surface area contributed by atoms with Gasteiger partial charge in [-0.05, 0) is 48.7 Å². The van der Waals surface area contributed by atoms with Gasteiger partial charge < -0.3 is 9.84 Å². The van der Waals surface area contributed by atoms with Crippen molar-refractivity contribution in [1.29, 1.82) is 0 Å². The van der Waals surface area contributed by atoms with Crippen molar-refractivity contribution in [3.63, 3.8) is 0 Å². The van der Waals surface area contributed by atoms with Gasteiger partial charge in [0.2, 0.25) is 10.0 Å². The molecule has 0 radical (unpaired) electrons. The summed E-state index contributed by atoms with van der Waals surface area (Å²) >= 11 is 0. The minimum atomic E-state index is -3.63. The molecule has 4 rings (SSSR count). The van der Waals surface area contributed by atoms with Crippen molar-refractivity contribution in [2.24, 2.45) is 0 Å². The zero-order valence-corrected chi connectivity index (χ0v) is 16.1. The summed E-state index contributed by atoms with van der Waals surface area (Å²) in [5.41, 5.74) is 2.55. The number of nitrogens with one attached hydrogen (secondary N) is 1.